The van der Waals surface area contributed by atoms with Gasteiger partial charge in [0.15, 0.2) is 9.84 Å². The van der Waals surface area contributed by atoms with Crippen LogP contribution < -0.4 is 0 Å². The molecule has 0 heterocycles. The highest BCUT2D eigenvalue weighted by molar-refractivity contribution is 7.91. The normalized spacial score (nSPS) is 15.2. The molecular formula is C13H17F3O3S. The van der Waals surface area contributed by atoms with E-state index < -0.39 is 43.7 Å². The maximum absolute atomic E-state index is 12.8. The van der Waals surface area contributed by atoms with Crippen LogP contribution in [0.5, 0.6) is 0 Å². The molecule has 0 aliphatic carbocycles. The van der Waals surface area contributed by atoms with E-state index in [4.69, 9.17) is 0 Å². The first kappa shape index (κ1) is 17.0. The van der Waals surface area contributed by atoms with Crippen LogP contribution in [0.2, 0.25) is 0 Å². The van der Waals surface area contributed by atoms with Gasteiger partial charge in [-0.05, 0) is 17.5 Å². The Kier molecular flexibility index (Phi) is 4.55. The van der Waals surface area contributed by atoms with Crippen molar-refractivity contribution in [1.29, 1.82) is 0 Å². The lowest BCUT2D eigenvalue weighted by atomic mass is 9.90. The van der Waals surface area contributed by atoms with Gasteiger partial charge in [-0.1, -0.05) is 32.9 Å². The summed E-state index contributed by atoms with van der Waals surface area (Å²) in [5.74, 6) is -0.746. The number of aliphatic hydroxyl groups is 1. The van der Waals surface area contributed by atoms with Gasteiger partial charge in [0.05, 0.1) is 22.3 Å². The minimum atomic E-state index is -4.75. The minimum absolute atomic E-state index is 0.719. The van der Waals surface area contributed by atoms with Crippen molar-refractivity contribution in [2.75, 3.05) is 5.75 Å². The number of sulfone groups is 1. The number of benzene rings is 1. The Morgan fingerprint density at radius 3 is 2.10 bits per heavy atom. The molecule has 1 rings (SSSR count). The van der Waals surface area contributed by atoms with Gasteiger partial charge in [-0.25, -0.2) is 8.42 Å². The summed E-state index contributed by atoms with van der Waals surface area (Å²) in [5, 5.41) is 9.82. The number of hydrogen-bond acceptors (Lipinski definition) is 3. The number of rotatable bonds is 3. The monoisotopic (exact) mass is 310 g/mol. The van der Waals surface area contributed by atoms with Gasteiger partial charge in [-0.15, -0.1) is 0 Å². The molecule has 0 saturated carbocycles. The van der Waals surface area contributed by atoms with E-state index in [9.17, 15) is 26.7 Å². The van der Waals surface area contributed by atoms with Crippen molar-refractivity contribution in [3.05, 3.63) is 29.8 Å². The lowest BCUT2D eigenvalue weighted by molar-refractivity contribution is -0.139. The van der Waals surface area contributed by atoms with Gasteiger partial charge in [-0.2, -0.15) is 13.2 Å². The molecule has 1 unspecified atom stereocenters. The summed E-state index contributed by atoms with van der Waals surface area (Å²) in [5.41, 5.74) is -1.94. The van der Waals surface area contributed by atoms with Crippen molar-refractivity contribution in [2.24, 2.45) is 5.41 Å². The first-order valence-corrected chi connectivity index (χ1v) is 7.58. The molecule has 0 saturated heterocycles. The van der Waals surface area contributed by atoms with Crippen LogP contribution in [-0.4, -0.2) is 25.4 Å². The van der Waals surface area contributed by atoms with Crippen LogP contribution >= 0.6 is 0 Å². The molecule has 20 heavy (non-hydrogen) atoms. The zero-order chi connectivity index (χ0) is 15.8. The van der Waals surface area contributed by atoms with Crippen molar-refractivity contribution >= 4 is 9.84 Å². The smallest absolute Gasteiger partial charge is 0.392 e. The molecule has 0 amide bonds. The van der Waals surface area contributed by atoms with Crippen LogP contribution in [0.15, 0.2) is 29.2 Å². The van der Waals surface area contributed by atoms with Crippen LogP contribution in [0.25, 0.3) is 0 Å². The molecule has 0 spiro atoms. The zero-order valence-corrected chi connectivity index (χ0v) is 12.2. The molecule has 1 aromatic carbocycles. The number of aliphatic hydroxyl groups excluding tert-OH is 1. The quantitative estimate of drug-likeness (QED) is 0.934. The third-order valence-corrected chi connectivity index (χ3v) is 4.69. The summed E-state index contributed by atoms with van der Waals surface area (Å²) in [6, 6.07) is 3.98. The van der Waals surface area contributed by atoms with Gasteiger partial charge in [0, 0.05) is 0 Å². The van der Waals surface area contributed by atoms with E-state index in [0.29, 0.717) is 0 Å². The highest BCUT2D eigenvalue weighted by Crippen LogP contribution is 2.35. The molecule has 0 radical (unpaired) electrons. The van der Waals surface area contributed by atoms with Crippen molar-refractivity contribution in [3.8, 4) is 0 Å². The standard InChI is InChI=1S/C13H17F3O3S/c1-12(2,3)11(17)8-20(18,19)10-7-5-4-6-9(10)13(14,15)16/h4-7,11,17H,8H2,1-3H3. The summed E-state index contributed by atoms with van der Waals surface area (Å²) in [7, 11) is -4.23. The lowest BCUT2D eigenvalue weighted by Crippen LogP contribution is -2.33. The van der Waals surface area contributed by atoms with E-state index in [2.05, 4.69) is 0 Å². The Morgan fingerprint density at radius 1 is 1.15 bits per heavy atom. The van der Waals surface area contributed by atoms with Crippen molar-refractivity contribution in [2.45, 2.75) is 37.9 Å². The summed E-state index contributed by atoms with van der Waals surface area (Å²) in [4.78, 5) is -0.796. The first-order valence-electron chi connectivity index (χ1n) is 5.93. The van der Waals surface area contributed by atoms with E-state index >= 15 is 0 Å². The topological polar surface area (TPSA) is 54.4 Å². The van der Waals surface area contributed by atoms with Crippen LogP contribution in [-0.2, 0) is 16.0 Å². The Labute approximate surface area is 116 Å². The van der Waals surface area contributed by atoms with Gasteiger partial charge in [0.2, 0.25) is 0 Å². The highest BCUT2D eigenvalue weighted by atomic mass is 32.2. The number of halogens is 3. The van der Waals surface area contributed by atoms with Crippen molar-refractivity contribution < 1.29 is 26.7 Å². The molecule has 0 aliphatic heterocycles. The van der Waals surface area contributed by atoms with Gasteiger partial charge < -0.3 is 5.11 Å². The minimum Gasteiger partial charge on any atom is -0.392 e. The van der Waals surface area contributed by atoms with Crippen LogP contribution in [0.3, 0.4) is 0 Å². The van der Waals surface area contributed by atoms with E-state index in [1.54, 1.807) is 20.8 Å². The third-order valence-electron chi connectivity index (χ3n) is 2.90. The number of hydrogen-bond donors (Lipinski definition) is 1. The summed E-state index contributed by atoms with van der Waals surface area (Å²) < 4.78 is 62.7. The third kappa shape index (κ3) is 3.96. The van der Waals surface area contributed by atoms with Gasteiger partial charge in [0.1, 0.15) is 0 Å². The fraction of sp³-hybridized carbons (Fsp3) is 0.538. The lowest BCUT2D eigenvalue weighted by Gasteiger charge is -2.26. The Morgan fingerprint density at radius 2 is 1.65 bits per heavy atom. The largest absolute Gasteiger partial charge is 0.417 e. The summed E-state index contributed by atoms with van der Waals surface area (Å²) in [6.07, 6.45) is -6.01. The SMILES string of the molecule is CC(C)(C)C(O)CS(=O)(=O)c1ccccc1C(F)(F)F. The second-order valence-electron chi connectivity index (χ2n) is 5.66. The van der Waals surface area contributed by atoms with Crippen LogP contribution in [0, 0.1) is 5.41 Å². The molecule has 1 atom stereocenters. The number of alkyl halides is 3. The molecule has 7 heteroatoms. The Bertz CT molecular complexity index is 571. The van der Waals surface area contributed by atoms with Gasteiger partial charge in [-0.3, -0.25) is 0 Å². The highest BCUT2D eigenvalue weighted by Gasteiger charge is 2.38. The van der Waals surface area contributed by atoms with Crippen molar-refractivity contribution in [3.63, 3.8) is 0 Å². The molecule has 0 bridgehead atoms. The van der Waals surface area contributed by atoms with E-state index in [-0.39, 0.29) is 0 Å². The second kappa shape index (κ2) is 5.37. The van der Waals surface area contributed by atoms with E-state index in [0.717, 1.165) is 18.2 Å². The summed E-state index contributed by atoms with van der Waals surface area (Å²) in [6.45, 7) is 4.84. The van der Waals surface area contributed by atoms with Crippen molar-refractivity contribution in [1.82, 2.24) is 0 Å². The fourth-order valence-electron chi connectivity index (χ4n) is 1.52. The Hall–Kier alpha value is -1.08. The van der Waals surface area contributed by atoms with Gasteiger partial charge in [0.25, 0.3) is 0 Å². The molecule has 1 N–H and O–H groups in total. The molecular weight excluding hydrogens is 293 g/mol. The van der Waals surface area contributed by atoms with E-state index in [1.165, 1.54) is 6.07 Å². The Balaban J connectivity index is 3.25. The maximum atomic E-state index is 12.8. The molecule has 0 fully saturated rings. The van der Waals surface area contributed by atoms with Gasteiger partial charge >= 0.3 is 6.18 Å². The average Bonchev–Trinajstić information content (AvgIpc) is 2.26. The average molecular weight is 310 g/mol. The molecule has 3 nitrogen and oxygen atoms in total. The first-order chi connectivity index (χ1) is 8.86. The van der Waals surface area contributed by atoms with E-state index in [1.807, 2.05) is 0 Å². The van der Waals surface area contributed by atoms with Crippen LogP contribution in [0.1, 0.15) is 26.3 Å². The van der Waals surface area contributed by atoms with Crippen LogP contribution in [0.4, 0.5) is 13.2 Å². The molecule has 114 valence electrons. The maximum Gasteiger partial charge on any atom is 0.417 e. The molecule has 1 aromatic rings. The molecule has 0 aliphatic rings. The molecule has 0 aromatic heterocycles. The second-order valence-corrected chi connectivity index (χ2v) is 7.66. The predicted molar refractivity (Wildman–Crippen MR) is 69.0 cm³/mol. The predicted octanol–water partition coefficient (Wildman–Crippen LogP) is 2.89. The fourth-order valence-corrected chi connectivity index (χ4v) is 3.42. The summed E-state index contributed by atoms with van der Waals surface area (Å²) >= 11 is 0. The zero-order valence-electron chi connectivity index (χ0n) is 11.4.